The third-order valence-corrected chi connectivity index (χ3v) is 17.5. The fraction of sp³-hybridized carbons (Fsp3) is 0.772. The summed E-state index contributed by atoms with van der Waals surface area (Å²) in [5.41, 5.74) is 0. The Morgan fingerprint density at radius 1 is 0.404 bits per heavy atom. The fourth-order valence-corrected chi connectivity index (χ4v) is 11.5. The van der Waals surface area contributed by atoms with Crippen molar-refractivity contribution in [1.29, 1.82) is 0 Å². The lowest BCUT2D eigenvalue weighted by Gasteiger charge is -2.27. The molecule has 3 atom stereocenters. The van der Waals surface area contributed by atoms with Crippen LogP contribution in [0.3, 0.4) is 0 Å². The molecular weight excluding hydrogens is 1120 g/mol. The summed E-state index contributed by atoms with van der Waals surface area (Å²) < 4.78 is 30.9. The molecule has 3 unspecified atom stereocenters. The zero-order valence-electron chi connectivity index (χ0n) is 59.2. The van der Waals surface area contributed by atoms with Crippen LogP contribution >= 0.6 is 7.82 Å². The molecule has 0 saturated heterocycles. The topological polar surface area (TPSA) is 111 Å². The van der Waals surface area contributed by atoms with Crippen LogP contribution in [-0.2, 0) is 27.9 Å². The van der Waals surface area contributed by atoms with Gasteiger partial charge in [0.2, 0.25) is 5.91 Å². The van der Waals surface area contributed by atoms with Crippen LogP contribution in [0.15, 0.2) is 97.2 Å². The minimum Gasteiger partial charge on any atom is -0.456 e. The van der Waals surface area contributed by atoms with Crippen molar-refractivity contribution in [3.63, 3.8) is 0 Å². The summed E-state index contributed by atoms with van der Waals surface area (Å²) in [6, 6.07) is -0.857. The molecule has 0 aromatic heterocycles. The highest BCUT2D eigenvalue weighted by Crippen LogP contribution is 2.43. The van der Waals surface area contributed by atoms with Crippen LogP contribution in [0.1, 0.15) is 342 Å². The molecule has 0 aromatic carbocycles. The van der Waals surface area contributed by atoms with Gasteiger partial charge in [0.1, 0.15) is 19.3 Å². The Bertz CT molecular complexity index is 1840. The van der Waals surface area contributed by atoms with Crippen molar-refractivity contribution in [2.75, 3.05) is 40.9 Å². The molecule has 0 aliphatic rings. The number of carbonyl (C=O) groups excluding carboxylic acids is 2. The van der Waals surface area contributed by atoms with Crippen LogP contribution in [0, 0.1) is 0 Å². The second kappa shape index (κ2) is 67.8. The average Bonchev–Trinajstić information content (AvgIpc) is 3.54. The van der Waals surface area contributed by atoms with Crippen molar-refractivity contribution in [3.05, 3.63) is 97.2 Å². The summed E-state index contributed by atoms with van der Waals surface area (Å²) in [5, 5.41) is 3.08. The van der Waals surface area contributed by atoms with Crippen molar-refractivity contribution in [1.82, 2.24) is 5.32 Å². The summed E-state index contributed by atoms with van der Waals surface area (Å²) in [4.78, 5) is 38.0. The molecule has 0 fully saturated rings. The number of amides is 1. The van der Waals surface area contributed by atoms with Crippen LogP contribution in [0.2, 0.25) is 0 Å². The molecule has 9 nitrogen and oxygen atoms in total. The van der Waals surface area contributed by atoms with E-state index >= 15 is 0 Å². The maximum atomic E-state index is 13.7. The van der Waals surface area contributed by atoms with Crippen molar-refractivity contribution in [3.8, 4) is 0 Å². The van der Waals surface area contributed by atoms with Gasteiger partial charge in [0.25, 0.3) is 0 Å². The number of esters is 1. The standard InChI is InChI=1S/C79H143N2O7P/c1-7-10-13-16-19-22-25-28-30-32-34-36-38-40-42-44-46-48-50-53-56-59-62-65-68-71-78(82)80-76(75-87-89(84,85)86-74-73-81(4,5)6)77(70-67-64-61-58-55-52-27-24-21-18-15-12-9-3)88-79(83)72-69-66-63-60-57-54-51-49-47-45-43-41-39-37-35-33-31-29-26-23-20-17-14-11-8-2/h11,14,19-20,22-23,28-31,35,37,41,43,67,70,76-77H,7-10,12-13,15-18,21,24-27,32-34,36,38-40,42,44-66,68-69,71-75H2,1-6H3,(H-,80,82,84,85)/p+1/b14-11-,22-19-,23-20-,30-28-,31-29-,37-35-,43-41-,70-67+. The van der Waals surface area contributed by atoms with Gasteiger partial charge >= 0.3 is 13.8 Å². The first-order chi connectivity index (χ1) is 43.4. The lowest BCUT2D eigenvalue weighted by molar-refractivity contribution is -0.870. The van der Waals surface area contributed by atoms with Crippen LogP contribution in [0.4, 0.5) is 0 Å². The molecule has 0 spiro atoms. The molecule has 2 N–H and O–H groups in total. The van der Waals surface area contributed by atoms with E-state index in [0.717, 1.165) is 109 Å². The monoisotopic (exact) mass is 1260 g/mol. The summed E-state index contributed by atoms with van der Waals surface area (Å²) in [7, 11) is 1.49. The van der Waals surface area contributed by atoms with Gasteiger partial charge in [-0.05, 0) is 109 Å². The number of hydrogen-bond acceptors (Lipinski definition) is 6. The molecular formula is C79H144N2O7P+. The van der Waals surface area contributed by atoms with E-state index in [1.807, 2.05) is 33.3 Å². The molecule has 0 heterocycles. The van der Waals surface area contributed by atoms with E-state index in [2.05, 4.69) is 111 Å². The number of nitrogens with one attached hydrogen (secondary N) is 1. The van der Waals surface area contributed by atoms with E-state index in [0.29, 0.717) is 17.4 Å². The number of likely N-dealkylation sites (N-methyl/N-ethyl adjacent to an activating group) is 1. The summed E-state index contributed by atoms with van der Waals surface area (Å²) in [6.45, 7) is 6.91. The van der Waals surface area contributed by atoms with E-state index in [-0.39, 0.29) is 31.5 Å². The summed E-state index contributed by atoms with van der Waals surface area (Å²) in [5.74, 6) is -0.504. The van der Waals surface area contributed by atoms with Crippen molar-refractivity contribution >= 4 is 19.7 Å². The van der Waals surface area contributed by atoms with Gasteiger partial charge in [-0.25, -0.2) is 4.57 Å². The fourth-order valence-electron chi connectivity index (χ4n) is 10.8. The maximum absolute atomic E-state index is 13.7. The number of allylic oxidation sites excluding steroid dienone is 15. The smallest absolute Gasteiger partial charge is 0.456 e. The van der Waals surface area contributed by atoms with Crippen LogP contribution in [-0.4, -0.2) is 74.3 Å². The first-order valence-electron chi connectivity index (χ1n) is 37.6. The van der Waals surface area contributed by atoms with Gasteiger partial charge in [-0.15, -0.1) is 0 Å². The molecule has 0 rings (SSSR count). The zero-order chi connectivity index (χ0) is 64.9. The summed E-state index contributed by atoms with van der Waals surface area (Å²) in [6.07, 6.45) is 92.8. The Balaban J connectivity index is 5.05. The van der Waals surface area contributed by atoms with Crippen LogP contribution in [0.5, 0.6) is 0 Å². The second-order valence-corrected chi connectivity index (χ2v) is 27.9. The first kappa shape index (κ1) is 85.9. The number of ether oxygens (including phenoxy) is 1. The van der Waals surface area contributed by atoms with E-state index in [1.54, 1.807) is 0 Å². The maximum Gasteiger partial charge on any atom is 0.472 e. The van der Waals surface area contributed by atoms with E-state index in [9.17, 15) is 19.0 Å². The average molecular weight is 1270 g/mol. The Labute approximate surface area is 551 Å². The van der Waals surface area contributed by atoms with Crippen molar-refractivity contribution in [2.24, 2.45) is 0 Å². The minimum absolute atomic E-state index is 0.0367. The highest BCUT2D eigenvalue weighted by molar-refractivity contribution is 7.47. The Morgan fingerprint density at radius 2 is 0.719 bits per heavy atom. The number of phosphoric ester groups is 1. The largest absolute Gasteiger partial charge is 0.472 e. The SMILES string of the molecule is CC/C=C\C/C=C\C/C=C\C/C=C\C/C=C\CCCCCCCCCCCC(=O)OC(/C=C/CCCCCCCCCCCCC)C(COP(=O)(O)OCC[N+](C)(C)C)NC(=O)CCCCCCCCCCCCCCCCC/C=C\C/C=C\CCCCC. The lowest BCUT2D eigenvalue weighted by Crippen LogP contribution is -2.47. The summed E-state index contributed by atoms with van der Waals surface area (Å²) >= 11 is 0. The lowest BCUT2D eigenvalue weighted by atomic mass is 10.0. The van der Waals surface area contributed by atoms with E-state index in [4.69, 9.17) is 13.8 Å². The first-order valence-corrected chi connectivity index (χ1v) is 39.1. The van der Waals surface area contributed by atoms with Gasteiger partial charge in [0, 0.05) is 12.8 Å². The van der Waals surface area contributed by atoms with Gasteiger partial charge in [-0.1, -0.05) is 317 Å². The van der Waals surface area contributed by atoms with Crippen LogP contribution < -0.4 is 5.32 Å². The van der Waals surface area contributed by atoms with Gasteiger partial charge in [0.15, 0.2) is 0 Å². The predicted molar refractivity (Wildman–Crippen MR) is 387 cm³/mol. The van der Waals surface area contributed by atoms with E-state index < -0.39 is 20.0 Å². The van der Waals surface area contributed by atoms with Gasteiger partial charge < -0.3 is 19.4 Å². The normalized spacial score (nSPS) is 14.0. The van der Waals surface area contributed by atoms with Crippen molar-refractivity contribution in [2.45, 2.75) is 354 Å². The molecule has 10 heteroatoms. The van der Waals surface area contributed by atoms with Crippen LogP contribution in [0.25, 0.3) is 0 Å². The van der Waals surface area contributed by atoms with Gasteiger partial charge in [0.05, 0.1) is 33.8 Å². The molecule has 0 radical (unpaired) electrons. The number of phosphoric acid groups is 1. The van der Waals surface area contributed by atoms with Crippen molar-refractivity contribution < 1.29 is 37.3 Å². The third-order valence-electron chi connectivity index (χ3n) is 16.5. The quantitative estimate of drug-likeness (QED) is 0.0205. The molecule has 0 aliphatic carbocycles. The Morgan fingerprint density at radius 3 is 1.10 bits per heavy atom. The zero-order valence-corrected chi connectivity index (χ0v) is 60.1. The predicted octanol–water partition coefficient (Wildman–Crippen LogP) is 24.2. The van der Waals surface area contributed by atoms with E-state index in [1.165, 1.54) is 199 Å². The Kier molecular flexibility index (Phi) is 65.5. The van der Waals surface area contributed by atoms with Gasteiger partial charge in [-0.3, -0.25) is 18.6 Å². The Hall–Kier alpha value is -3.07. The highest BCUT2D eigenvalue weighted by Gasteiger charge is 2.30. The molecule has 0 aromatic rings. The number of nitrogens with zero attached hydrogens (tertiary/aromatic N) is 1. The number of carbonyl (C=O) groups is 2. The molecule has 0 bridgehead atoms. The molecule has 0 saturated carbocycles. The number of hydrogen-bond donors (Lipinski definition) is 2. The molecule has 1 amide bonds. The number of unbranched alkanes of at least 4 members (excludes halogenated alkanes) is 38. The third kappa shape index (κ3) is 69.1. The number of quaternary nitrogens is 1. The minimum atomic E-state index is -4.46. The second-order valence-electron chi connectivity index (χ2n) is 26.4. The van der Waals surface area contributed by atoms with Gasteiger partial charge in [-0.2, -0.15) is 0 Å². The molecule has 0 aliphatic heterocycles. The number of rotatable bonds is 68. The molecule has 516 valence electrons. The molecule has 89 heavy (non-hydrogen) atoms. The highest BCUT2D eigenvalue weighted by atomic mass is 31.2.